The largest absolute Gasteiger partial charge is 0.416 e. The van der Waals surface area contributed by atoms with Crippen molar-refractivity contribution in [3.05, 3.63) is 59.7 Å². The van der Waals surface area contributed by atoms with Gasteiger partial charge in [0.25, 0.3) is 0 Å². The molecule has 0 aliphatic heterocycles. The summed E-state index contributed by atoms with van der Waals surface area (Å²) in [4.78, 5) is 0. The summed E-state index contributed by atoms with van der Waals surface area (Å²) < 4.78 is 38.0. The second-order valence-corrected chi connectivity index (χ2v) is 5.92. The summed E-state index contributed by atoms with van der Waals surface area (Å²) in [6.07, 6.45) is -4.41. The number of nitrogens with one attached hydrogen (secondary N) is 4. The summed E-state index contributed by atoms with van der Waals surface area (Å²) in [6.45, 7) is 1.97. The molecule has 0 aromatic heterocycles. The van der Waals surface area contributed by atoms with E-state index < -0.39 is 11.7 Å². The molecule has 0 aliphatic rings. The Hall–Kier alpha value is -2.39. The first kappa shape index (κ1) is 18.9. The minimum Gasteiger partial charge on any atom is -0.331 e. The van der Waals surface area contributed by atoms with E-state index in [0.29, 0.717) is 0 Å². The van der Waals surface area contributed by atoms with Crippen molar-refractivity contribution < 1.29 is 13.2 Å². The van der Waals surface area contributed by atoms with Crippen LogP contribution in [0.15, 0.2) is 48.5 Å². The smallest absolute Gasteiger partial charge is 0.331 e. The summed E-state index contributed by atoms with van der Waals surface area (Å²) in [5.74, 6) is 0. The third kappa shape index (κ3) is 6.20. The number of anilines is 2. The quantitative estimate of drug-likeness (QED) is 0.460. The lowest BCUT2D eigenvalue weighted by Gasteiger charge is -2.15. The van der Waals surface area contributed by atoms with Crippen LogP contribution in [0.5, 0.6) is 0 Å². The van der Waals surface area contributed by atoms with Gasteiger partial charge in [-0.2, -0.15) is 13.2 Å². The van der Waals surface area contributed by atoms with Crippen molar-refractivity contribution >= 4 is 46.0 Å². The molecule has 2 aromatic rings. The van der Waals surface area contributed by atoms with Crippen LogP contribution in [0.25, 0.3) is 0 Å². The molecule has 25 heavy (non-hydrogen) atoms. The van der Waals surface area contributed by atoms with Crippen LogP contribution < -0.4 is 21.5 Å². The van der Waals surface area contributed by atoms with E-state index in [4.69, 9.17) is 24.4 Å². The lowest BCUT2D eigenvalue weighted by Crippen LogP contribution is -2.45. The first-order valence-electron chi connectivity index (χ1n) is 7.12. The lowest BCUT2D eigenvalue weighted by atomic mass is 10.2. The molecule has 0 aliphatic carbocycles. The highest BCUT2D eigenvalue weighted by molar-refractivity contribution is 7.81. The van der Waals surface area contributed by atoms with E-state index in [1.807, 2.05) is 31.2 Å². The molecular formula is C16H15F3N4S2. The molecular weight excluding hydrogens is 369 g/mol. The van der Waals surface area contributed by atoms with E-state index in [2.05, 4.69) is 21.5 Å². The number of alkyl halides is 3. The molecule has 0 saturated heterocycles. The maximum absolute atomic E-state index is 12.7. The summed E-state index contributed by atoms with van der Waals surface area (Å²) in [5.41, 5.74) is 6.63. The van der Waals surface area contributed by atoms with Gasteiger partial charge in [-0.1, -0.05) is 23.8 Å². The SMILES string of the molecule is Cc1ccc(NC(=S)NNC(=S)Nc2cccc(C(F)(F)F)c2)cc1. The molecule has 132 valence electrons. The zero-order valence-electron chi connectivity index (χ0n) is 13.1. The van der Waals surface area contributed by atoms with Crippen LogP contribution in [0.3, 0.4) is 0 Å². The fourth-order valence-corrected chi connectivity index (χ4v) is 2.19. The van der Waals surface area contributed by atoms with Crippen LogP contribution in [-0.2, 0) is 6.18 Å². The zero-order chi connectivity index (χ0) is 18.4. The molecule has 0 spiro atoms. The number of benzene rings is 2. The van der Waals surface area contributed by atoms with Crippen molar-refractivity contribution in [2.24, 2.45) is 0 Å². The predicted octanol–water partition coefficient (Wildman–Crippen LogP) is 4.20. The van der Waals surface area contributed by atoms with E-state index >= 15 is 0 Å². The van der Waals surface area contributed by atoms with Crippen molar-refractivity contribution in [3.63, 3.8) is 0 Å². The van der Waals surface area contributed by atoms with Crippen LogP contribution in [0.1, 0.15) is 11.1 Å². The van der Waals surface area contributed by atoms with Gasteiger partial charge in [-0.25, -0.2) is 0 Å². The van der Waals surface area contributed by atoms with Gasteiger partial charge in [0.05, 0.1) is 5.56 Å². The summed E-state index contributed by atoms with van der Waals surface area (Å²) in [7, 11) is 0. The minimum absolute atomic E-state index is 0.0763. The number of thiocarbonyl (C=S) groups is 2. The van der Waals surface area contributed by atoms with Gasteiger partial charge in [-0.3, -0.25) is 10.9 Å². The number of halogens is 3. The maximum Gasteiger partial charge on any atom is 0.416 e. The Morgan fingerprint density at radius 1 is 0.840 bits per heavy atom. The summed E-state index contributed by atoms with van der Waals surface area (Å²) in [6, 6.07) is 12.3. The molecule has 4 N–H and O–H groups in total. The Bertz CT molecular complexity index is 761. The molecule has 0 radical (unpaired) electrons. The van der Waals surface area contributed by atoms with Crippen molar-refractivity contribution in [2.45, 2.75) is 13.1 Å². The Balaban J connectivity index is 1.84. The third-order valence-electron chi connectivity index (χ3n) is 3.05. The van der Waals surface area contributed by atoms with Crippen LogP contribution in [0.4, 0.5) is 24.5 Å². The van der Waals surface area contributed by atoms with E-state index in [-0.39, 0.29) is 15.9 Å². The average Bonchev–Trinajstić information content (AvgIpc) is 2.55. The van der Waals surface area contributed by atoms with Crippen LogP contribution in [0, 0.1) is 6.92 Å². The monoisotopic (exact) mass is 384 g/mol. The van der Waals surface area contributed by atoms with Gasteiger partial charge in [-0.15, -0.1) is 0 Å². The second kappa shape index (κ2) is 8.13. The Labute approximate surface area is 153 Å². The molecule has 0 amide bonds. The molecule has 0 unspecified atom stereocenters. The number of aryl methyl sites for hydroxylation is 1. The number of hydrogen-bond acceptors (Lipinski definition) is 2. The summed E-state index contributed by atoms with van der Waals surface area (Å²) >= 11 is 10.1. The summed E-state index contributed by atoms with van der Waals surface area (Å²) in [5, 5.41) is 5.93. The predicted molar refractivity (Wildman–Crippen MR) is 101 cm³/mol. The normalized spacial score (nSPS) is 10.7. The highest BCUT2D eigenvalue weighted by Crippen LogP contribution is 2.30. The topological polar surface area (TPSA) is 48.1 Å². The highest BCUT2D eigenvalue weighted by atomic mass is 32.1. The van der Waals surface area contributed by atoms with Crippen molar-refractivity contribution in [1.29, 1.82) is 0 Å². The van der Waals surface area contributed by atoms with Gasteiger partial charge in [0.2, 0.25) is 0 Å². The van der Waals surface area contributed by atoms with Crippen molar-refractivity contribution in [3.8, 4) is 0 Å². The molecule has 0 bridgehead atoms. The van der Waals surface area contributed by atoms with Crippen LogP contribution in [0.2, 0.25) is 0 Å². The minimum atomic E-state index is -4.41. The first-order valence-corrected chi connectivity index (χ1v) is 7.93. The van der Waals surface area contributed by atoms with E-state index in [9.17, 15) is 13.2 Å². The average molecular weight is 384 g/mol. The highest BCUT2D eigenvalue weighted by Gasteiger charge is 2.30. The second-order valence-electron chi connectivity index (χ2n) is 5.10. The lowest BCUT2D eigenvalue weighted by molar-refractivity contribution is -0.137. The Morgan fingerprint density at radius 3 is 1.96 bits per heavy atom. The van der Waals surface area contributed by atoms with Crippen molar-refractivity contribution in [2.75, 3.05) is 10.6 Å². The molecule has 0 saturated carbocycles. The number of hydrazine groups is 1. The van der Waals surface area contributed by atoms with Gasteiger partial charge in [0.15, 0.2) is 10.2 Å². The molecule has 4 nitrogen and oxygen atoms in total. The number of hydrogen-bond donors (Lipinski definition) is 4. The van der Waals surface area contributed by atoms with Gasteiger partial charge < -0.3 is 10.6 Å². The Morgan fingerprint density at radius 2 is 1.40 bits per heavy atom. The molecule has 0 fully saturated rings. The fraction of sp³-hybridized carbons (Fsp3) is 0.125. The third-order valence-corrected chi connectivity index (χ3v) is 3.46. The van der Waals surface area contributed by atoms with Crippen LogP contribution >= 0.6 is 24.4 Å². The van der Waals surface area contributed by atoms with Gasteiger partial charge in [-0.05, 0) is 61.7 Å². The molecule has 0 heterocycles. The molecule has 2 aromatic carbocycles. The molecule has 9 heteroatoms. The van der Waals surface area contributed by atoms with Crippen LogP contribution in [-0.4, -0.2) is 10.2 Å². The zero-order valence-corrected chi connectivity index (χ0v) is 14.7. The van der Waals surface area contributed by atoms with Gasteiger partial charge in [0, 0.05) is 11.4 Å². The van der Waals surface area contributed by atoms with Gasteiger partial charge in [0.1, 0.15) is 0 Å². The van der Waals surface area contributed by atoms with Gasteiger partial charge >= 0.3 is 6.18 Å². The number of rotatable bonds is 2. The Kier molecular flexibility index (Phi) is 6.16. The first-order chi connectivity index (χ1) is 11.7. The van der Waals surface area contributed by atoms with E-state index in [1.54, 1.807) is 0 Å². The van der Waals surface area contributed by atoms with E-state index in [0.717, 1.165) is 23.4 Å². The van der Waals surface area contributed by atoms with Crippen molar-refractivity contribution in [1.82, 2.24) is 10.9 Å². The fourth-order valence-electron chi connectivity index (χ4n) is 1.85. The van der Waals surface area contributed by atoms with E-state index in [1.165, 1.54) is 12.1 Å². The standard InChI is InChI=1S/C16H15F3N4S2/c1-10-5-7-12(8-6-10)20-14(24)22-23-15(25)21-13-4-2-3-11(9-13)16(17,18)19/h2-9H,1H3,(H2,20,22,24)(H2,21,23,25). The maximum atomic E-state index is 12.7. The molecule has 0 atom stereocenters. The molecule has 2 rings (SSSR count).